The van der Waals surface area contributed by atoms with Gasteiger partial charge in [0.15, 0.2) is 0 Å². The van der Waals surface area contributed by atoms with Gasteiger partial charge in [-0.1, -0.05) is 30.3 Å². The van der Waals surface area contributed by atoms with Gasteiger partial charge in [0.1, 0.15) is 18.2 Å². The molecule has 1 atom stereocenters. The first-order valence-corrected chi connectivity index (χ1v) is 13.4. The number of benzene rings is 2. The maximum atomic E-state index is 14.6. The van der Waals surface area contributed by atoms with Crippen LogP contribution in [-0.4, -0.2) is 78.3 Å². The van der Waals surface area contributed by atoms with Gasteiger partial charge < -0.3 is 9.64 Å². The van der Waals surface area contributed by atoms with Gasteiger partial charge in [-0.2, -0.15) is 5.10 Å². The Morgan fingerprint density at radius 2 is 1.87 bits per heavy atom. The fraction of sp³-hybridized carbons (Fsp3) is 0.321. The highest BCUT2D eigenvalue weighted by Crippen LogP contribution is 2.35. The zero-order valence-corrected chi connectivity index (χ0v) is 21.6. The van der Waals surface area contributed by atoms with Gasteiger partial charge in [0, 0.05) is 48.6 Å². The largest absolute Gasteiger partial charge is 0.379 e. The van der Waals surface area contributed by atoms with Crippen LogP contribution in [0.5, 0.6) is 0 Å². The molecule has 0 bridgehead atoms. The molecule has 2 aliphatic rings. The van der Waals surface area contributed by atoms with E-state index in [1.54, 1.807) is 18.2 Å². The second-order valence-corrected chi connectivity index (χ2v) is 10.2. The molecule has 0 aliphatic carbocycles. The fourth-order valence-corrected chi connectivity index (χ4v) is 5.49. The predicted octanol–water partition coefficient (Wildman–Crippen LogP) is 4.18. The van der Waals surface area contributed by atoms with Crippen molar-refractivity contribution in [2.24, 2.45) is 5.10 Å². The number of morpholine rings is 1. The Labute approximate surface area is 223 Å². The number of hydrogen-bond donors (Lipinski definition) is 0. The van der Waals surface area contributed by atoms with E-state index < -0.39 is 23.6 Å². The Kier molecular flexibility index (Phi) is 8.21. The monoisotopic (exact) mass is 538 g/mol. The second kappa shape index (κ2) is 11.9. The molecule has 0 spiro atoms. The second-order valence-electron chi connectivity index (χ2n) is 9.19. The molecule has 2 aromatic carbocycles. The van der Waals surface area contributed by atoms with Gasteiger partial charge in [-0.05, 0) is 35.7 Å². The van der Waals surface area contributed by atoms with Crippen LogP contribution < -0.4 is 0 Å². The summed E-state index contributed by atoms with van der Waals surface area (Å²) >= 11 is 1.49. The van der Waals surface area contributed by atoms with E-state index in [0.29, 0.717) is 37.5 Å². The molecule has 38 heavy (non-hydrogen) atoms. The molecule has 3 heterocycles. The fourth-order valence-electron chi connectivity index (χ4n) is 4.68. The van der Waals surface area contributed by atoms with Crippen LogP contribution in [0.4, 0.5) is 8.78 Å². The van der Waals surface area contributed by atoms with E-state index in [1.807, 2.05) is 17.5 Å². The summed E-state index contributed by atoms with van der Waals surface area (Å²) in [5.74, 6) is -1.75. The Morgan fingerprint density at radius 3 is 2.61 bits per heavy atom. The minimum atomic E-state index is -0.522. The van der Waals surface area contributed by atoms with Crippen LogP contribution >= 0.6 is 11.3 Å². The number of carbonyl (C=O) groups excluding carboxylic acids is 2. The van der Waals surface area contributed by atoms with Crippen LogP contribution in [0.2, 0.25) is 0 Å². The molecule has 0 saturated carbocycles. The van der Waals surface area contributed by atoms with Crippen molar-refractivity contribution in [1.29, 1.82) is 0 Å². The van der Waals surface area contributed by atoms with Crippen LogP contribution in [0, 0.1) is 11.6 Å². The first-order valence-electron chi connectivity index (χ1n) is 12.5. The van der Waals surface area contributed by atoms with E-state index >= 15 is 0 Å². The quantitative estimate of drug-likeness (QED) is 0.432. The molecular formula is C28H28F2N4O3S. The molecular weight excluding hydrogens is 510 g/mol. The van der Waals surface area contributed by atoms with Crippen molar-refractivity contribution < 1.29 is 23.1 Å². The number of amides is 2. The highest BCUT2D eigenvalue weighted by molar-refractivity contribution is 7.10. The molecule has 0 radical (unpaired) electrons. The summed E-state index contributed by atoms with van der Waals surface area (Å²) in [6.07, 6.45) is 0.360. The maximum Gasteiger partial charge on any atom is 0.262 e. The van der Waals surface area contributed by atoms with Crippen molar-refractivity contribution in [3.8, 4) is 0 Å². The van der Waals surface area contributed by atoms with E-state index in [0.717, 1.165) is 18.0 Å². The summed E-state index contributed by atoms with van der Waals surface area (Å²) in [4.78, 5) is 31.7. The molecule has 198 valence electrons. The van der Waals surface area contributed by atoms with Gasteiger partial charge in [-0.3, -0.25) is 14.5 Å². The number of rotatable bonds is 8. The average Bonchev–Trinajstić information content (AvgIpc) is 3.62. The summed E-state index contributed by atoms with van der Waals surface area (Å²) < 4.78 is 33.9. The molecule has 3 aromatic rings. The van der Waals surface area contributed by atoms with Crippen LogP contribution in [0.25, 0.3) is 0 Å². The number of halogens is 2. The van der Waals surface area contributed by atoms with E-state index in [2.05, 4.69) is 10.0 Å². The Bertz CT molecular complexity index is 1310. The topological polar surface area (TPSA) is 65.5 Å². The smallest absolute Gasteiger partial charge is 0.262 e. The lowest BCUT2D eigenvalue weighted by Gasteiger charge is -2.31. The molecule has 2 amide bonds. The van der Waals surface area contributed by atoms with Crippen LogP contribution in [0.15, 0.2) is 71.1 Å². The average molecular weight is 539 g/mol. The van der Waals surface area contributed by atoms with Crippen LogP contribution in [0.3, 0.4) is 0 Å². The lowest BCUT2D eigenvalue weighted by Crippen LogP contribution is -2.46. The van der Waals surface area contributed by atoms with Crippen molar-refractivity contribution in [2.45, 2.75) is 12.5 Å². The third-order valence-corrected chi connectivity index (χ3v) is 7.67. The number of thiophene rings is 1. The van der Waals surface area contributed by atoms with Gasteiger partial charge in [-0.15, -0.1) is 11.3 Å². The summed E-state index contributed by atoms with van der Waals surface area (Å²) in [6.45, 7) is 3.28. The van der Waals surface area contributed by atoms with Crippen LogP contribution in [0.1, 0.15) is 33.3 Å². The number of nitrogens with zero attached hydrogens (tertiary/aromatic N) is 4. The lowest BCUT2D eigenvalue weighted by atomic mass is 10.0. The van der Waals surface area contributed by atoms with Gasteiger partial charge in [0.2, 0.25) is 0 Å². The summed E-state index contributed by atoms with van der Waals surface area (Å²) in [5, 5.41) is 7.83. The van der Waals surface area contributed by atoms with E-state index in [9.17, 15) is 18.4 Å². The Morgan fingerprint density at radius 1 is 1.05 bits per heavy atom. The van der Waals surface area contributed by atoms with Crippen molar-refractivity contribution in [1.82, 2.24) is 14.8 Å². The summed E-state index contributed by atoms with van der Waals surface area (Å²) in [7, 11) is 0. The van der Waals surface area contributed by atoms with Crippen molar-refractivity contribution in [3.63, 3.8) is 0 Å². The normalized spacial score (nSPS) is 17.9. The van der Waals surface area contributed by atoms with Gasteiger partial charge in [0.05, 0.1) is 25.0 Å². The molecule has 5 rings (SSSR count). The first-order chi connectivity index (χ1) is 18.5. The number of hydrogen-bond acceptors (Lipinski definition) is 6. The minimum Gasteiger partial charge on any atom is -0.379 e. The molecule has 0 N–H and O–H groups in total. The lowest BCUT2D eigenvalue weighted by molar-refractivity contribution is -0.133. The third kappa shape index (κ3) is 5.98. The standard InChI is InChI=1S/C28H28F2N4O3S/c29-21-6-3-5-20(17-21)28(36)33(11-10-32-12-14-37-15-13-32)19-27(35)34-25(26-9-4-16-38-26)18-24(31-34)22-7-1-2-8-23(22)30/h1-9,16-17,25H,10-15,18-19H2. The predicted molar refractivity (Wildman–Crippen MR) is 141 cm³/mol. The molecule has 7 nitrogen and oxygen atoms in total. The maximum absolute atomic E-state index is 14.6. The molecule has 1 fully saturated rings. The molecule has 1 unspecified atom stereocenters. The van der Waals surface area contributed by atoms with E-state index in [1.165, 1.54) is 51.6 Å². The molecule has 1 saturated heterocycles. The number of carbonyl (C=O) groups is 2. The molecule has 2 aliphatic heterocycles. The minimum absolute atomic E-state index is 0.173. The zero-order valence-electron chi connectivity index (χ0n) is 20.8. The SMILES string of the molecule is O=C(c1cccc(F)c1)N(CCN1CCOCC1)CC(=O)N1N=C(c2ccccc2F)CC1c1cccs1. The van der Waals surface area contributed by atoms with Crippen molar-refractivity contribution >= 4 is 28.9 Å². The Hall–Kier alpha value is -3.47. The highest BCUT2D eigenvalue weighted by Gasteiger charge is 2.35. The zero-order chi connectivity index (χ0) is 26.5. The number of hydrazone groups is 1. The summed E-state index contributed by atoms with van der Waals surface area (Å²) in [5.41, 5.74) is 1.00. The Balaban J connectivity index is 1.40. The summed E-state index contributed by atoms with van der Waals surface area (Å²) in [6, 6.07) is 15.2. The highest BCUT2D eigenvalue weighted by atomic mass is 32.1. The molecule has 10 heteroatoms. The number of ether oxygens (including phenoxy) is 1. The van der Waals surface area contributed by atoms with Gasteiger partial charge in [-0.25, -0.2) is 13.8 Å². The van der Waals surface area contributed by atoms with Crippen LogP contribution in [-0.2, 0) is 9.53 Å². The van der Waals surface area contributed by atoms with Gasteiger partial charge in [0.25, 0.3) is 11.8 Å². The third-order valence-electron chi connectivity index (χ3n) is 6.70. The van der Waals surface area contributed by atoms with Crippen molar-refractivity contribution in [3.05, 3.63) is 93.7 Å². The van der Waals surface area contributed by atoms with Gasteiger partial charge >= 0.3 is 0 Å². The van der Waals surface area contributed by atoms with E-state index in [4.69, 9.17) is 4.74 Å². The van der Waals surface area contributed by atoms with E-state index in [-0.39, 0.29) is 24.6 Å². The van der Waals surface area contributed by atoms with Crippen molar-refractivity contribution in [2.75, 3.05) is 45.9 Å². The molecule has 1 aromatic heterocycles. The first kappa shape index (κ1) is 26.1.